The van der Waals surface area contributed by atoms with Gasteiger partial charge in [0.2, 0.25) is 0 Å². The van der Waals surface area contributed by atoms with Gasteiger partial charge in [0, 0.05) is 54.9 Å². The van der Waals surface area contributed by atoms with Crippen molar-refractivity contribution in [3.8, 4) is 5.75 Å². The number of urea groups is 1. The molecule has 0 fully saturated rings. The van der Waals surface area contributed by atoms with Gasteiger partial charge >= 0.3 is 12.2 Å². The van der Waals surface area contributed by atoms with Crippen molar-refractivity contribution in [3.63, 3.8) is 0 Å². The molecule has 1 heterocycles. The van der Waals surface area contributed by atoms with E-state index in [9.17, 15) is 18.0 Å². The fourth-order valence-electron chi connectivity index (χ4n) is 3.34. The minimum Gasteiger partial charge on any atom is -0.461 e. The predicted molar refractivity (Wildman–Crippen MR) is 132 cm³/mol. The Bertz CT molecular complexity index is 1200. The molecule has 35 heavy (non-hydrogen) atoms. The van der Waals surface area contributed by atoms with Gasteiger partial charge in [0.25, 0.3) is 0 Å². The Kier molecular flexibility index (Phi) is 8.18. The second kappa shape index (κ2) is 11.1. The van der Waals surface area contributed by atoms with Crippen LogP contribution in [-0.2, 0) is 6.18 Å². The highest BCUT2D eigenvalue weighted by molar-refractivity contribution is 6.31. The first-order valence-corrected chi connectivity index (χ1v) is 10.9. The van der Waals surface area contributed by atoms with E-state index < -0.39 is 22.8 Å². The number of halogens is 4. The zero-order valence-electron chi connectivity index (χ0n) is 18.9. The number of carbonyl (C=O) groups excluding carboxylic acids is 1. The average molecular weight is 506 g/mol. The highest BCUT2D eigenvalue weighted by Gasteiger charge is 2.33. The van der Waals surface area contributed by atoms with Gasteiger partial charge in [0.05, 0.1) is 16.3 Å². The van der Waals surface area contributed by atoms with E-state index >= 15 is 0 Å². The second-order valence-electron chi connectivity index (χ2n) is 7.46. The summed E-state index contributed by atoms with van der Waals surface area (Å²) in [5, 5.41) is 15.0. The molecule has 1 aliphatic rings. The smallest absolute Gasteiger partial charge is 0.417 e. The van der Waals surface area contributed by atoms with Crippen molar-refractivity contribution in [1.82, 2.24) is 5.32 Å². The van der Waals surface area contributed by atoms with E-state index in [1.807, 2.05) is 6.92 Å². The van der Waals surface area contributed by atoms with Gasteiger partial charge in [-0.3, -0.25) is 4.99 Å². The number of nitrogens with zero attached hydrogens (tertiary/aromatic N) is 1. The van der Waals surface area contributed by atoms with E-state index in [1.54, 1.807) is 37.5 Å². The first-order chi connectivity index (χ1) is 16.6. The lowest BCUT2D eigenvalue weighted by Crippen LogP contribution is -2.20. The van der Waals surface area contributed by atoms with Crippen molar-refractivity contribution in [2.75, 3.05) is 24.2 Å². The molecule has 184 valence electrons. The standard InChI is InChI=1S/C24H23ClF3N5O2/c1-14-21(9-10-31-22(14)15(12-29)13-30-2)35-18-6-3-16(4-7-18)32-23(34)33-17-5-8-20(25)19(11-17)24(26,27)28/h3-8,11-13,29-30H,9-10H2,1-2H3,(H2,32,33,34)/b15-13+,29-12?. The van der Waals surface area contributed by atoms with Gasteiger partial charge in [-0.1, -0.05) is 11.6 Å². The Hall–Kier alpha value is -3.79. The van der Waals surface area contributed by atoms with Crippen LogP contribution in [0.3, 0.4) is 0 Å². The third kappa shape index (κ3) is 6.63. The number of aliphatic imine (C=N–C) groups is 1. The number of alkyl halides is 3. The Morgan fingerprint density at radius 2 is 1.80 bits per heavy atom. The Morgan fingerprint density at radius 1 is 1.14 bits per heavy atom. The van der Waals surface area contributed by atoms with Crippen LogP contribution >= 0.6 is 11.6 Å². The van der Waals surface area contributed by atoms with E-state index in [1.165, 1.54) is 12.3 Å². The number of benzene rings is 2. The van der Waals surface area contributed by atoms with Gasteiger partial charge in [-0.15, -0.1) is 0 Å². The number of hydrogen-bond donors (Lipinski definition) is 4. The lowest BCUT2D eigenvalue weighted by atomic mass is 10.0. The number of hydrogen-bond acceptors (Lipinski definition) is 5. The summed E-state index contributed by atoms with van der Waals surface area (Å²) in [4.78, 5) is 16.7. The van der Waals surface area contributed by atoms with E-state index in [0.717, 1.165) is 23.5 Å². The first kappa shape index (κ1) is 25.8. The highest BCUT2D eigenvalue weighted by Crippen LogP contribution is 2.36. The van der Waals surface area contributed by atoms with E-state index in [2.05, 4.69) is 20.9 Å². The molecular formula is C24H23ClF3N5O2. The van der Waals surface area contributed by atoms with E-state index in [4.69, 9.17) is 21.7 Å². The van der Waals surface area contributed by atoms with Crippen molar-refractivity contribution in [2.24, 2.45) is 4.99 Å². The van der Waals surface area contributed by atoms with Gasteiger partial charge in [0.1, 0.15) is 11.5 Å². The SMILES string of the molecule is CN/C=C(\C=N)C1=NCCC(Oc2ccc(NC(=O)Nc3ccc(Cl)c(C(F)(F)F)c3)cc2)=C1C. The number of amides is 2. The molecule has 0 bridgehead atoms. The van der Waals surface area contributed by atoms with Gasteiger partial charge in [-0.25, -0.2) is 4.79 Å². The summed E-state index contributed by atoms with van der Waals surface area (Å²) < 4.78 is 45.0. The summed E-state index contributed by atoms with van der Waals surface area (Å²) in [6.45, 7) is 2.40. The minimum atomic E-state index is -4.63. The third-order valence-corrected chi connectivity index (χ3v) is 5.32. The summed E-state index contributed by atoms with van der Waals surface area (Å²) in [5.41, 5.74) is 1.48. The molecule has 0 aliphatic carbocycles. The van der Waals surface area contributed by atoms with Crippen LogP contribution in [0.5, 0.6) is 5.75 Å². The van der Waals surface area contributed by atoms with Crippen LogP contribution in [0.1, 0.15) is 18.9 Å². The Morgan fingerprint density at radius 3 is 2.43 bits per heavy atom. The lowest BCUT2D eigenvalue weighted by Gasteiger charge is -2.20. The van der Waals surface area contributed by atoms with Crippen LogP contribution in [0.15, 0.2) is 70.6 Å². The molecular weight excluding hydrogens is 483 g/mol. The number of rotatable bonds is 7. The lowest BCUT2D eigenvalue weighted by molar-refractivity contribution is -0.137. The van der Waals surface area contributed by atoms with Gasteiger partial charge in [-0.05, 0) is 49.4 Å². The van der Waals surface area contributed by atoms with Crippen molar-refractivity contribution >= 4 is 40.9 Å². The normalized spacial score (nSPS) is 14.2. The molecule has 0 saturated heterocycles. The van der Waals surface area contributed by atoms with Crippen LogP contribution in [0.4, 0.5) is 29.3 Å². The van der Waals surface area contributed by atoms with E-state index in [-0.39, 0.29) is 5.69 Å². The Labute approximate surface area is 205 Å². The number of carbonyl (C=O) groups is 1. The number of allylic oxidation sites excluding steroid dienone is 2. The van der Waals surface area contributed by atoms with Gasteiger partial charge < -0.3 is 26.1 Å². The highest BCUT2D eigenvalue weighted by atomic mass is 35.5. The fourth-order valence-corrected chi connectivity index (χ4v) is 3.56. The van der Waals surface area contributed by atoms with Crippen molar-refractivity contribution in [2.45, 2.75) is 19.5 Å². The molecule has 11 heteroatoms. The molecule has 0 spiro atoms. The molecule has 2 aromatic rings. The largest absolute Gasteiger partial charge is 0.461 e. The molecule has 0 unspecified atom stereocenters. The fraction of sp³-hybridized carbons (Fsp3) is 0.208. The zero-order chi connectivity index (χ0) is 25.6. The molecule has 2 amide bonds. The number of ether oxygens (including phenoxy) is 1. The van der Waals surface area contributed by atoms with Crippen molar-refractivity contribution < 1.29 is 22.7 Å². The van der Waals surface area contributed by atoms with Crippen LogP contribution in [0.2, 0.25) is 5.02 Å². The average Bonchev–Trinajstić information content (AvgIpc) is 2.81. The van der Waals surface area contributed by atoms with Crippen LogP contribution in [-0.4, -0.2) is 31.5 Å². The maximum absolute atomic E-state index is 13.0. The van der Waals surface area contributed by atoms with Crippen LogP contribution in [0.25, 0.3) is 0 Å². The third-order valence-electron chi connectivity index (χ3n) is 4.99. The molecule has 3 rings (SSSR count). The van der Waals surface area contributed by atoms with Crippen molar-refractivity contribution in [1.29, 1.82) is 5.41 Å². The quantitative estimate of drug-likeness (QED) is 0.334. The summed E-state index contributed by atoms with van der Waals surface area (Å²) in [5.74, 6) is 1.26. The number of anilines is 2. The molecule has 7 nitrogen and oxygen atoms in total. The molecule has 0 saturated carbocycles. The molecule has 1 aliphatic heterocycles. The van der Waals surface area contributed by atoms with Crippen molar-refractivity contribution in [3.05, 3.63) is 76.2 Å². The number of dihydropyridines is 1. The molecule has 0 atom stereocenters. The Balaban J connectivity index is 1.66. The van der Waals surface area contributed by atoms with Crippen LogP contribution in [0, 0.1) is 5.41 Å². The summed E-state index contributed by atoms with van der Waals surface area (Å²) in [7, 11) is 1.74. The minimum absolute atomic E-state index is 0.0482. The first-order valence-electron chi connectivity index (χ1n) is 10.5. The number of nitrogens with one attached hydrogen (secondary N) is 4. The molecule has 4 N–H and O–H groups in total. The maximum Gasteiger partial charge on any atom is 0.417 e. The van der Waals surface area contributed by atoms with Gasteiger partial charge in [-0.2, -0.15) is 13.2 Å². The molecule has 0 radical (unpaired) electrons. The van der Waals surface area contributed by atoms with E-state index in [0.29, 0.717) is 35.7 Å². The predicted octanol–water partition coefficient (Wildman–Crippen LogP) is 6.25. The van der Waals surface area contributed by atoms with Crippen LogP contribution < -0.4 is 20.7 Å². The molecule has 2 aromatic carbocycles. The summed E-state index contributed by atoms with van der Waals surface area (Å²) >= 11 is 5.60. The topological polar surface area (TPSA) is 98.6 Å². The summed E-state index contributed by atoms with van der Waals surface area (Å²) in [6, 6.07) is 8.94. The van der Waals surface area contributed by atoms with Gasteiger partial charge in [0.15, 0.2) is 0 Å². The second-order valence-corrected chi connectivity index (χ2v) is 7.87. The summed E-state index contributed by atoms with van der Waals surface area (Å²) in [6.07, 6.45) is -1.12. The monoisotopic (exact) mass is 505 g/mol. The molecule has 0 aromatic heterocycles. The maximum atomic E-state index is 13.0. The zero-order valence-corrected chi connectivity index (χ0v) is 19.6.